The van der Waals surface area contributed by atoms with Crippen molar-refractivity contribution >= 4 is 33.3 Å². The summed E-state index contributed by atoms with van der Waals surface area (Å²) in [6.45, 7) is 4.67. The minimum atomic E-state index is -3.62. The number of sulfone groups is 1. The van der Waals surface area contributed by atoms with Crippen LogP contribution in [0.1, 0.15) is 51.0 Å². The average molecular weight is 798 g/mol. The number of benzene rings is 2. The van der Waals surface area contributed by atoms with Crippen LogP contribution < -0.4 is 10.2 Å². The van der Waals surface area contributed by atoms with Gasteiger partial charge in [0.25, 0.3) is 0 Å². The zero-order chi connectivity index (χ0) is 40.3. The Morgan fingerprint density at radius 3 is 2.36 bits per heavy atom. The Balaban J connectivity index is 1.07. The highest BCUT2D eigenvalue weighted by Crippen LogP contribution is 2.53. The second-order valence-corrected chi connectivity index (χ2v) is 18.9. The molecule has 2 amide bonds. The van der Waals surface area contributed by atoms with Gasteiger partial charge < -0.3 is 24.8 Å². The number of methoxy groups -OCH3 is 1. The first-order valence-corrected chi connectivity index (χ1v) is 21.4. The lowest BCUT2D eigenvalue weighted by Gasteiger charge is -2.52. The van der Waals surface area contributed by atoms with E-state index in [0.717, 1.165) is 43.4 Å². The summed E-state index contributed by atoms with van der Waals surface area (Å²) in [4.78, 5) is 45.0. The monoisotopic (exact) mass is 797 g/mol. The Morgan fingerprint density at radius 1 is 1.04 bits per heavy atom. The molecule has 3 heterocycles. The van der Waals surface area contributed by atoms with Gasteiger partial charge in [-0.25, -0.2) is 17.2 Å². The van der Waals surface area contributed by atoms with Gasteiger partial charge in [-0.3, -0.25) is 19.3 Å². The molecule has 4 aliphatic rings. The van der Waals surface area contributed by atoms with Crippen LogP contribution in [-0.2, 0) is 34.4 Å². The van der Waals surface area contributed by atoms with Gasteiger partial charge >= 0.3 is 5.97 Å². The van der Waals surface area contributed by atoms with Crippen molar-refractivity contribution in [3.63, 3.8) is 0 Å². The Kier molecular flexibility index (Phi) is 12.9. The Hall–Kier alpha value is -3.88. The third-order valence-electron chi connectivity index (χ3n) is 12.6. The molecule has 1 saturated carbocycles. The van der Waals surface area contributed by atoms with Crippen molar-refractivity contribution in [1.82, 2.24) is 20.0 Å². The van der Waals surface area contributed by atoms with Gasteiger partial charge in [0, 0.05) is 63.2 Å². The van der Waals surface area contributed by atoms with Gasteiger partial charge in [0.15, 0.2) is 15.5 Å². The quantitative estimate of drug-likeness (QED) is 0.209. The molecular weight excluding hydrogens is 741 g/mol. The van der Waals surface area contributed by atoms with E-state index in [1.54, 1.807) is 42.5 Å². The van der Waals surface area contributed by atoms with E-state index < -0.39 is 26.2 Å². The Labute approximate surface area is 330 Å². The van der Waals surface area contributed by atoms with Crippen molar-refractivity contribution in [3.8, 4) is 0 Å². The van der Waals surface area contributed by atoms with Gasteiger partial charge in [-0.05, 0) is 113 Å². The maximum absolute atomic E-state index is 16.2. The number of hydrogen-bond donors (Lipinski definition) is 1. The first kappa shape index (κ1) is 41.7. The van der Waals surface area contributed by atoms with E-state index in [4.69, 9.17) is 4.74 Å². The van der Waals surface area contributed by atoms with Gasteiger partial charge in [0.1, 0.15) is 11.1 Å². The molecule has 1 aliphatic carbocycles. The third kappa shape index (κ3) is 9.12. The molecule has 306 valence electrons. The van der Waals surface area contributed by atoms with Gasteiger partial charge in [0.2, 0.25) is 11.8 Å². The summed E-state index contributed by atoms with van der Waals surface area (Å²) in [5.74, 6) is -0.866. The summed E-state index contributed by atoms with van der Waals surface area (Å²) in [6.07, 6.45) is 7.60. The van der Waals surface area contributed by atoms with Crippen LogP contribution in [0.4, 0.5) is 14.5 Å². The molecule has 0 spiro atoms. The van der Waals surface area contributed by atoms with E-state index in [9.17, 15) is 27.2 Å². The van der Waals surface area contributed by atoms with Crippen LogP contribution in [0.25, 0.3) is 0 Å². The zero-order valence-corrected chi connectivity index (χ0v) is 33.9. The molecular formula is C42H57F2N5O6S. The van der Waals surface area contributed by atoms with Crippen molar-refractivity contribution in [1.29, 1.82) is 0 Å². The van der Waals surface area contributed by atoms with Gasteiger partial charge in [-0.1, -0.05) is 24.6 Å². The predicted octanol–water partition coefficient (Wildman–Crippen LogP) is 4.22. The maximum Gasteiger partial charge on any atom is 0.305 e. The fourth-order valence-corrected chi connectivity index (χ4v) is 11.3. The smallest absolute Gasteiger partial charge is 0.305 e. The molecule has 0 bridgehead atoms. The number of carbonyl (C=O) groups is 3. The second-order valence-electron chi connectivity index (χ2n) is 16.7. The van der Waals surface area contributed by atoms with E-state index in [1.165, 1.54) is 31.1 Å². The molecule has 0 radical (unpaired) electrons. The number of likely N-dealkylation sites (N-methyl/N-ethyl adjacent to an activating group) is 1. The fraction of sp³-hybridized carbons (Fsp3) is 0.595. The first-order chi connectivity index (χ1) is 26.6. The zero-order valence-electron chi connectivity index (χ0n) is 33.1. The van der Waals surface area contributed by atoms with Crippen molar-refractivity contribution in [2.75, 3.05) is 85.0 Å². The summed E-state index contributed by atoms with van der Waals surface area (Å²) in [5.41, 5.74) is -0.472. The van der Waals surface area contributed by atoms with Gasteiger partial charge in [-0.15, -0.1) is 0 Å². The van der Waals surface area contributed by atoms with Crippen molar-refractivity contribution < 1.29 is 36.3 Å². The number of likely N-dealkylation sites (tertiary alicyclic amines) is 2. The molecule has 3 saturated heterocycles. The van der Waals surface area contributed by atoms with Crippen LogP contribution >= 0.6 is 0 Å². The van der Waals surface area contributed by atoms with E-state index in [2.05, 4.69) is 10.2 Å². The molecule has 0 unspecified atom stereocenters. The summed E-state index contributed by atoms with van der Waals surface area (Å²) in [5, 5.41) is 2.43. The predicted molar refractivity (Wildman–Crippen MR) is 211 cm³/mol. The minimum Gasteiger partial charge on any atom is -0.469 e. The molecule has 1 N–H and O–H groups in total. The normalized spacial score (nSPS) is 23.1. The highest BCUT2D eigenvalue weighted by molar-refractivity contribution is 7.92. The minimum absolute atomic E-state index is 0.0222. The standard InChI is InChI=1S/C42H57F2N5O6S/c1-30(50)45-26-42(33-9-6-10-34(43)23-33,38-11-5-8-31(38)22-40(52)55-4)32-17-20-47(21-18-32)27-41(44)28-49(29-41)35-13-15-36(16-14-35)56(53,54)37-24-48(25-37)39(51)12-7-19-46(2)3/h6-7,9-10,12-16,23,31-32,37-38H,5,8,11,17-22,24-29H2,1-4H3,(H,45,50)/b12-7+/t31-,38+,42+/m1/s1. The number of halogens is 2. The summed E-state index contributed by atoms with van der Waals surface area (Å²) in [7, 11) is 1.57. The van der Waals surface area contributed by atoms with Crippen molar-refractivity contribution in [2.45, 2.75) is 66.7 Å². The number of esters is 1. The van der Waals surface area contributed by atoms with Crippen molar-refractivity contribution in [3.05, 3.63) is 72.1 Å². The highest BCUT2D eigenvalue weighted by Gasteiger charge is 2.53. The summed E-state index contributed by atoms with van der Waals surface area (Å²) >= 11 is 0. The third-order valence-corrected chi connectivity index (χ3v) is 14.7. The SMILES string of the molecule is COC(=O)C[C@H]1CCC[C@@H]1[C@](CNC(C)=O)(c1cccc(F)c1)C1CCN(CC2(F)CN(c3ccc(S(=O)(=O)C4CN(C(=O)/C=C/CN(C)C)C4)cc3)C2)CC1. The molecule has 2 aromatic rings. The molecule has 56 heavy (non-hydrogen) atoms. The van der Waals surface area contributed by atoms with Crippen LogP contribution in [0.2, 0.25) is 0 Å². The molecule has 0 aromatic heterocycles. The first-order valence-electron chi connectivity index (χ1n) is 19.8. The molecule has 4 fully saturated rings. The summed E-state index contributed by atoms with van der Waals surface area (Å²) in [6, 6.07) is 13.3. The molecule has 6 rings (SSSR count). The van der Waals surface area contributed by atoms with Crippen LogP contribution in [-0.4, -0.2) is 132 Å². The van der Waals surface area contributed by atoms with Gasteiger partial charge in [0.05, 0.1) is 25.1 Å². The van der Waals surface area contributed by atoms with Crippen molar-refractivity contribution in [2.24, 2.45) is 17.8 Å². The summed E-state index contributed by atoms with van der Waals surface area (Å²) < 4.78 is 62.7. The lowest BCUT2D eigenvalue weighted by atomic mass is 9.57. The highest BCUT2D eigenvalue weighted by atomic mass is 32.2. The number of nitrogens with one attached hydrogen (secondary N) is 1. The number of piperidine rings is 1. The number of hydrogen-bond acceptors (Lipinski definition) is 9. The van der Waals surface area contributed by atoms with E-state index in [0.29, 0.717) is 26.2 Å². The molecule has 3 atom stereocenters. The number of amides is 2. The topological polar surface area (TPSA) is 120 Å². The lowest BCUT2D eigenvalue weighted by molar-refractivity contribution is -0.142. The van der Waals surface area contributed by atoms with E-state index in [-0.39, 0.29) is 85.4 Å². The maximum atomic E-state index is 16.2. The second kappa shape index (κ2) is 17.3. The Morgan fingerprint density at radius 2 is 1.73 bits per heavy atom. The van der Waals surface area contributed by atoms with Gasteiger partial charge in [-0.2, -0.15) is 0 Å². The van der Waals surface area contributed by atoms with E-state index in [1.807, 2.05) is 30.0 Å². The number of anilines is 1. The average Bonchev–Trinajstić information content (AvgIpc) is 3.58. The number of nitrogens with zero attached hydrogens (tertiary/aromatic N) is 4. The van der Waals surface area contributed by atoms with Crippen LogP contribution in [0.3, 0.4) is 0 Å². The van der Waals surface area contributed by atoms with Crippen LogP contribution in [0, 0.1) is 23.6 Å². The lowest BCUT2D eigenvalue weighted by Crippen LogP contribution is -2.64. The molecule has 3 aliphatic heterocycles. The largest absolute Gasteiger partial charge is 0.469 e. The number of ether oxygens (including phenoxy) is 1. The fourth-order valence-electron chi connectivity index (χ4n) is 9.69. The van der Waals surface area contributed by atoms with E-state index >= 15 is 4.39 Å². The van der Waals surface area contributed by atoms with Crippen LogP contribution in [0.15, 0.2) is 65.6 Å². The molecule has 11 nitrogen and oxygen atoms in total. The number of carbonyl (C=O) groups excluding carboxylic acids is 3. The van der Waals surface area contributed by atoms with Crippen LogP contribution in [0.5, 0.6) is 0 Å². The molecule has 14 heteroatoms. The Bertz CT molecular complexity index is 1860. The number of alkyl halides is 1. The number of rotatable bonds is 15. The molecule has 2 aromatic carbocycles.